The van der Waals surface area contributed by atoms with Gasteiger partial charge in [0.2, 0.25) is 5.10 Å². The summed E-state index contributed by atoms with van der Waals surface area (Å²) in [6.07, 6.45) is -4.84. The van der Waals surface area contributed by atoms with Crippen molar-refractivity contribution < 1.29 is 36.7 Å². The van der Waals surface area contributed by atoms with Gasteiger partial charge in [0.25, 0.3) is 0 Å². The van der Waals surface area contributed by atoms with Gasteiger partial charge in [-0.3, -0.25) is 15.0 Å². The second-order valence-corrected chi connectivity index (χ2v) is 6.55. The van der Waals surface area contributed by atoms with Gasteiger partial charge in [-0.25, -0.2) is 9.12 Å². The molecule has 1 aliphatic rings. The molecule has 1 atom stereocenters. The summed E-state index contributed by atoms with van der Waals surface area (Å²) in [7, 11) is 0. The highest BCUT2D eigenvalue weighted by Gasteiger charge is 2.35. The topological polar surface area (TPSA) is 108 Å². The Morgan fingerprint density at radius 3 is 2.83 bits per heavy atom. The molecule has 1 aromatic carbocycles. The smallest absolute Gasteiger partial charge is 0.460 e. The first-order chi connectivity index (χ1) is 13.6. The second-order valence-electron chi connectivity index (χ2n) is 6.55. The first-order valence-electron chi connectivity index (χ1n) is 8.67. The third kappa shape index (κ3) is 5.31. The maximum Gasteiger partial charge on any atom is 0.460 e. The van der Waals surface area contributed by atoms with Crippen LogP contribution >= 0.6 is 0 Å². The summed E-state index contributed by atoms with van der Waals surface area (Å²) in [6, 6.07) is 3.01. The van der Waals surface area contributed by atoms with Gasteiger partial charge < -0.3 is 15.2 Å². The summed E-state index contributed by atoms with van der Waals surface area (Å²) in [5.74, 6) is -1.75. The average Bonchev–Trinajstić information content (AvgIpc) is 3.03. The van der Waals surface area contributed by atoms with Crippen LogP contribution in [0.5, 0.6) is 0 Å². The fourth-order valence-electron chi connectivity index (χ4n) is 3.03. The minimum absolute atomic E-state index is 0.00178. The number of benzene rings is 1. The molecule has 1 aliphatic heterocycles. The molecule has 0 bridgehead atoms. The van der Waals surface area contributed by atoms with Crippen LogP contribution in [-0.2, 0) is 9.53 Å². The van der Waals surface area contributed by atoms with Crippen molar-refractivity contribution in [2.45, 2.75) is 25.1 Å². The molecule has 29 heavy (non-hydrogen) atoms. The maximum absolute atomic E-state index is 13.2. The van der Waals surface area contributed by atoms with E-state index in [9.17, 15) is 32.8 Å². The molecule has 1 unspecified atom stereocenters. The fraction of sp³-hybridized carbons (Fsp3) is 0.500. The molecule has 1 N–H and O–H groups in total. The molecule has 1 saturated heterocycles. The molecule has 0 spiro atoms. The lowest BCUT2D eigenvalue weighted by Gasteiger charge is -2.17. The van der Waals surface area contributed by atoms with E-state index in [1.807, 2.05) is 0 Å². The number of anilines is 1. The lowest BCUT2D eigenvalue weighted by molar-refractivity contribution is -0.672. The lowest BCUT2D eigenvalue weighted by atomic mass is 10.3. The van der Waals surface area contributed by atoms with Crippen molar-refractivity contribution in [1.82, 2.24) is 10.00 Å². The number of esters is 1. The second kappa shape index (κ2) is 8.19. The zero-order chi connectivity index (χ0) is 21.2. The predicted octanol–water partition coefficient (Wildman–Crippen LogP) is 0.623. The van der Waals surface area contributed by atoms with Crippen LogP contribution in [0.1, 0.15) is 12.8 Å². The van der Waals surface area contributed by atoms with Gasteiger partial charge >= 0.3 is 23.6 Å². The van der Waals surface area contributed by atoms with E-state index in [1.54, 1.807) is 0 Å². The molecular formula is C16H17F4N5O4. The number of carbonyl (C=O) groups excluding carboxylic acids is 1. The van der Waals surface area contributed by atoms with Crippen LogP contribution in [0.25, 0.3) is 11.0 Å². The van der Waals surface area contributed by atoms with Gasteiger partial charge in [-0.05, 0) is 18.6 Å². The van der Waals surface area contributed by atoms with Crippen molar-refractivity contribution in [1.29, 1.82) is 0 Å². The third-order valence-electron chi connectivity index (χ3n) is 4.28. The van der Waals surface area contributed by atoms with Crippen molar-refractivity contribution in [3.05, 3.63) is 34.4 Å². The molecular weight excluding hydrogens is 402 g/mol. The minimum atomic E-state index is -4.31. The quantitative estimate of drug-likeness (QED) is 0.317. The lowest BCUT2D eigenvalue weighted by Crippen LogP contribution is -2.44. The zero-order valence-electron chi connectivity index (χ0n) is 15.0. The number of alkyl halides is 3. The molecule has 13 heteroatoms. The summed E-state index contributed by atoms with van der Waals surface area (Å²) in [5, 5.41) is 30.0. The van der Waals surface area contributed by atoms with Crippen molar-refractivity contribution >= 4 is 23.0 Å². The summed E-state index contributed by atoms with van der Waals surface area (Å²) < 4.78 is 55.7. The SMILES string of the molecule is O=C(CCNc1n[n+]([O-])c2cc(F)ccc2[n+]1[O-])OC1CCN(CC(F)(F)F)C1. The van der Waals surface area contributed by atoms with E-state index in [0.717, 1.165) is 23.1 Å². The van der Waals surface area contributed by atoms with E-state index in [2.05, 4.69) is 10.4 Å². The first kappa shape index (κ1) is 20.8. The van der Waals surface area contributed by atoms with Gasteiger partial charge in [-0.1, -0.05) is 0 Å². The normalized spacial score (nSPS) is 17.6. The van der Waals surface area contributed by atoms with Crippen LogP contribution in [0.15, 0.2) is 18.2 Å². The number of aromatic nitrogens is 3. The zero-order valence-corrected chi connectivity index (χ0v) is 15.0. The summed E-state index contributed by atoms with van der Waals surface area (Å²) in [6.45, 7) is -0.978. The Morgan fingerprint density at radius 2 is 2.10 bits per heavy atom. The molecule has 0 aliphatic carbocycles. The van der Waals surface area contributed by atoms with Crippen LogP contribution in [0.2, 0.25) is 0 Å². The molecule has 0 saturated carbocycles. The Balaban J connectivity index is 1.51. The van der Waals surface area contributed by atoms with E-state index in [0.29, 0.717) is 11.2 Å². The Morgan fingerprint density at radius 1 is 1.34 bits per heavy atom. The number of nitrogens with one attached hydrogen (secondary N) is 1. The molecule has 9 nitrogen and oxygen atoms in total. The van der Waals surface area contributed by atoms with Gasteiger partial charge in [0.15, 0.2) is 5.52 Å². The van der Waals surface area contributed by atoms with E-state index in [4.69, 9.17) is 4.74 Å². The highest BCUT2D eigenvalue weighted by atomic mass is 19.4. The predicted molar refractivity (Wildman–Crippen MR) is 89.7 cm³/mol. The van der Waals surface area contributed by atoms with Crippen LogP contribution in [0, 0.1) is 16.2 Å². The molecule has 2 aromatic rings. The van der Waals surface area contributed by atoms with Crippen molar-refractivity contribution in [3.8, 4) is 0 Å². The number of halogens is 4. The Bertz CT molecular complexity index is 911. The maximum atomic E-state index is 13.2. The van der Waals surface area contributed by atoms with E-state index < -0.39 is 30.6 Å². The third-order valence-corrected chi connectivity index (χ3v) is 4.28. The number of fused-ring (bicyclic) bond motifs is 1. The van der Waals surface area contributed by atoms with E-state index >= 15 is 0 Å². The fourth-order valence-corrected chi connectivity index (χ4v) is 3.03. The number of likely N-dealkylation sites (tertiary alicyclic amines) is 1. The van der Waals surface area contributed by atoms with Crippen molar-refractivity contribution in [2.24, 2.45) is 0 Å². The Kier molecular flexibility index (Phi) is 5.86. The number of carbonyl (C=O) groups is 1. The van der Waals surface area contributed by atoms with Crippen LogP contribution in [0.3, 0.4) is 0 Å². The number of rotatable bonds is 6. The Labute approximate surface area is 161 Å². The van der Waals surface area contributed by atoms with Crippen molar-refractivity contribution in [3.63, 3.8) is 0 Å². The molecule has 0 amide bonds. The van der Waals surface area contributed by atoms with Gasteiger partial charge in [-0.15, -0.1) is 0 Å². The standard InChI is InChI=1S/C16H17F4N5O4/c17-10-1-2-12-13(7-10)25(28)22-15(24(12)27)21-5-3-14(26)29-11-4-6-23(8-11)9-16(18,19)20/h1-2,7,11H,3-6,8-9H2,(H,21,22). The van der Waals surface area contributed by atoms with Crippen molar-refractivity contribution in [2.75, 3.05) is 31.5 Å². The molecule has 3 rings (SSSR count). The molecule has 158 valence electrons. The highest BCUT2D eigenvalue weighted by molar-refractivity contribution is 5.70. The van der Waals surface area contributed by atoms with Crippen LogP contribution < -0.4 is 14.9 Å². The molecule has 1 fully saturated rings. The Hall–Kier alpha value is -2.96. The van der Waals surface area contributed by atoms with E-state index in [-0.39, 0.29) is 47.9 Å². The van der Waals surface area contributed by atoms with Crippen LogP contribution in [0.4, 0.5) is 23.5 Å². The average molecular weight is 419 g/mol. The summed E-state index contributed by atoms with van der Waals surface area (Å²) in [4.78, 5) is 13.1. The monoisotopic (exact) mass is 419 g/mol. The number of hydrogen-bond donors (Lipinski definition) is 1. The van der Waals surface area contributed by atoms with Gasteiger partial charge in [0.05, 0.1) is 25.6 Å². The van der Waals surface area contributed by atoms with Gasteiger partial charge in [0, 0.05) is 17.9 Å². The molecule has 0 radical (unpaired) electrons. The summed E-state index contributed by atoms with van der Waals surface area (Å²) in [5.41, 5.74) is -0.369. The number of ether oxygens (including phenoxy) is 1. The van der Waals surface area contributed by atoms with E-state index in [1.165, 1.54) is 0 Å². The van der Waals surface area contributed by atoms with Gasteiger partial charge in [0.1, 0.15) is 11.9 Å². The van der Waals surface area contributed by atoms with Crippen LogP contribution in [-0.4, -0.2) is 54.4 Å². The number of hydrogen-bond acceptors (Lipinski definition) is 7. The molecule has 1 aromatic heterocycles. The van der Waals surface area contributed by atoms with Gasteiger partial charge in [-0.2, -0.15) is 13.2 Å². The molecule has 2 heterocycles. The number of nitrogens with zero attached hydrogens (tertiary/aromatic N) is 4. The highest BCUT2D eigenvalue weighted by Crippen LogP contribution is 2.21. The summed E-state index contributed by atoms with van der Waals surface area (Å²) >= 11 is 0. The minimum Gasteiger partial charge on any atom is -0.739 e. The largest absolute Gasteiger partial charge is 0.739 e. The first-order valence-corrected chi connectivity index (χ1v) is 8.67.